The molecule has 0 saturated carbocycles. The smallest absolute Gasteiger partial charge is 0.418 e. The van der Waals surface area contributed by atoms with Gasteiger partial charge < -0.3 is 5.11 Å². The third-order valence-electron chi connectivity index (χ3n) is 5.26. The van der Waals surface area contributed by atoms with E-state index in [1.165, 1.54) is 24.3 Å². The van der Waals surface area contributed by atoms with Crippen molar-refractivity contribution in [1.82, 2.24) is 0 Å². The van der Waals surface area contributed by atoms with Crippen LogP contribution in [0, 0.1) is 13.8 Å². The van der Waals surface area contributed by atoms with Crippen molar-refractivity contribution >= 4 is 27.3 Å². The van der Waals surface area contributed by atoms with Crippen molar-refractivity contribution in [2.75, 3.05) is 4.31 Å². The van der Waals surface area contributed by atoms with Crippen LogP contribution in [0.1, 0.15) is 27.8 Å². The van der Waals surface area contributed by atoms with Crippen molar-refractivity contribution < 1.29 is 31.5 Å². The highest BCUT2D eigenvalue weighted by molar-refractivity contribution is 7.93. The van der Waals surface area contributed by atoms with E-state index in [9.17, 15) is 31.5 Å². The van der Waals surface area contributed by atoms with Gasteiger partial charge >= 0.3 is 12.1 Å². The van der Waals surface area contributed by atoms with E-state index in [1.807, 2.05) is 6.07 Å². The van der Waals surface area contributed by atoms with Gasteiger partial charge in [0.05, 0.1) is 16.1 Å². The van der Waals surface area contributed by atoms with Crippen molar-refractivity contribution in [3.8, 4) is 0 Å². The summed E-state index contributed by atoms with van der Waals surface area (Å²) in [7, 11) is -4.68. The molecule has 1 heterocycles. The Morgan fingerprint density at radius 1 is 0.909 bits per heavy atom. The van der Waals surface area contributed by atoms with Crippen LogP contribution in [0.2, 0.25) is 0 Å². The number of rotatable bonds is 3. The van der Waals surface area contributed by atoms with E-state index in [0.29, 0.717) is 9.87 Å². The van der Waals surface area contributed by atoms with Gasteiger partial charge in [-0.2, -0.15) is 13.2 Å². The summed E-state index contributed by atoms with van der Waals surface area (Å²) in [5, 5.41) is 10.1. The molecule has 170 valence electrons. The highest BCUT2D eigenvalue weighted by Crippen LogP contribution is 2.46. The van der Waals surface area contributed by atoms with Gasteiger partial charge in [-0.25, -0.2) is 17.5 Å². The quantitative estimate of drug-likeness (QED) is 0.555. The number of para-hydroxylation sites is 1. The maximum absolute atomic E-state index is 13.8. The minimum absolute atomic E-state index is 0.0247. The third kappa shape index (κ3) is 3.78. The first kappa shape index (κ1) is 22.6. The molecule has 33 heavy (non-hydrogen) atoms. The monoisotopic (exact) mass is 473 g/mol. The highest BCUT2D eigenvalue weighted by atomic mass is 32.2. The van der Waals surface area contributed by atoms with Gasteiger partial charge in [0, 0.05) is 11.1 Å². The van der Waals surface area contributed by atoms with Crippen molar-refractivity contribution in [1.29, 1.82) is 0 Å². The first-order valence-electron chi connectivity index (χ1n) is 9.80. The molecule has 1 aliphatic rings. The Morgan fingerprint density at radius 3 is 2.09 bits per heavy atom. The maximum Gasteiger partial charge on any atom is 0.418 e. The number of benzene rings is 3. The number of carboxylic acid groups (broad SMARTS) is 1. The number of hydrogen-bond acceptors (Lipinski definition) is 3. The molecule has 0 bridgehead atoms. The van der Waals surface area contributed by atoms with Gasteiger partial charge in [0.15, 0.2) is 5.70 Å². The normalized spacial score (nSPS) is 15.4. The van der Waals surface area contributed by atoms with E-state index in [0.717, 1.165) is 29.3 Å². The molecule has 0 atom stereocenters. The molecular formula is C24H18F3NO4S. The zero-order chi connectivity index (χ0) is 24.1. The number of nitrogens with zero attached hydrogens (tertiary/aromatic N) is 1. The van der Waals surface area contributed by atoms with E-state index in [4.69, 9.17) is 0 Å². The lowest BCUT2D eigenvalue weighted by Crippen LogP contribution is -2.39. The van der Waals surface area contributed by atoms with Crippen molar-refractivity contribution in [2.45, 2.75) is 24.9 Å². The van der Waals surface area contributed by atoms with Gasteiger partial charge in [-0.1, -0.05) is 59.7 Å². The number of hydrogen-bond donors (Lipinski definition) is 1. The Bertz CT molecular complexity index is 1410. The zero-order valence-electron chi connectivity index (χ0n) is 17.5. The largest absolute Gasteiger partial charge is 0.477 e. The first-order valence-corrected chi connectivity index (χ1v) is 11.2. The maximum atomic E-state index is 13.8. The van der Waals surface area contributed by atoms with Crippen LogP contribution in [0.25, 0.3) is 5.57 Å². The molecule has 0 unspecified atom stereocenters. The van der Waals surface area contributed by atoms with E-state index in [1.54, 1.807) is 32.0 Å². The van der Waals surface area contributed by atoms with Gasteiger partial charge in [-0.15, -0.1) is 0 Å². The lowest BCUT2D eigenvalue weighted by Gasteiger charge is -2.34. The fourth-order valence-electron chi connectivity index (χ4n) is 4.09. The molecule has 0 spiro atoms. The number of anilines is 1. The Morgan fingerprint density at radius 2 is 1.48 bits per heavy atom. The summed E-state index contributed by atoms with van der Waals surface area (Å²) < 4.78 is 68.9. The Kier molecular flexibility index (Phi) is 5.32. The lowest BCUT2D eigenvalue weighted by atomic mass is 9.92. The first-order chi connectivity index (χ1) is 15.4. The second-order valence-corrected chi connectivity index (χ2v) is 9.44. The summed E-state index contributed by atoms with van der Waals surface area (Å²) in [6.07, 6.45) is -4.91. The summed E-state index contributed by atoms with van der Waals surface area (Å²) in [6.45, 7) is 3.58. The van der Waals surface area contributed by atoms with Crippen LogP contribution in [0.4, 0.5) is 18.9 Å². The molecule has 3 aromatic rings. The van der Waals surface area contributed by atoms with Crippen LogP contribution in [0.5, 0.6) is 0 Å². The summed E-state index contributed by atoms with van der Waals surface area (Å²) in [4.78, 5) is 12.2. The van der Waals surface area contributed by atoms with Crippen LogP contribution >= 0.6 is 0 Å². The molecule has 0 radical (unpaired) electrons. The Hall–Kier alpha value is -3.59. The third-order valence-corrected chi connectivity index (χ3v) is 7.03. The number of alkyl halides is 3. The van der Waals surface area contributed by atoms with E-state index < -0.39 is 39.1 Å². The molecule has 1 aliphatic heterocycles. The van der Waals surface area contributed by atoms with Crippen LogP contribution < -0.4 is 4.31 Å². The summed E-state index contributed by atoms with van der Waals surface area (Å²) in [5.41, 5.74) is -0.703. The number of carbonyl (C=O) groups is 1. The average Bonchev–Trinajstić information content (AvgIpc) is 2.72. The number of carboxylic acids is 1. The summed E-state index contributed by atoms with van der Waals surface area (Å²) in [6, 6.07) is 14.9. The molecule has 0 saturated heterocycles. The topological polar surface area (TPSA) is 74.7 Å². The zero-order valence-corrected chi connectivity index (χ0v) is 18.3. The van der Waals surface area contributed by atoms with Gasteiger partial charge in [-0.05, 0) is 37.6 Å². The lowest BCUT2D eigenvalue weighted by molar-refractivity contribution is -0.137. The van der Waals surface area contributed by atoms with Crippen molar-refractivity contribution in [2.24, 2.45) is 0 Å². The van der Waals surface area contributed by atoms with E-state index in [2.05, 4.69) is 0 Å². The van der Waals surface area contributed by atoms with Gasteiger partial charge in [0.1, 0.15) is 0 Å². The molecule has 1 N–H and O–H groups in total. The number of halogens is 3. The fourth-order valence-corrected chi connectivity index (χ4v) is 5.81. The average molecular weight is 473 g/mol. The van der Waals surface area contributed by atoms with Crippen molar-refractivity contribution in [3.63, 3.8) is 0 Å². The molecule has 0 aromatic heterocycles. The van der Waals surface area contributed by atoms with Gasteiger partial charge in [-0.3, -0.25) is 0 Å². The van der Waals surface area contributed by atoms with Crippen LogP contribution in [0.15, 0.2) is 77.3 Å². The van der Waals surface area contributed by atoms with Crippen LogP contribution in [-0.4, -0.2) is 19.5 Å². The highest BCUT2D eigenvalue weighted by Gasteiger charge is 2.45. The number of fused-ring (bicyclic) bond motifs is 1. The van der Waals surface area contributed by atoms with Crippen LogP contribution in [0.3, 0.4) is 0 Å². The molecule has 0 amide bonds. The van der Waals surface area contributed by atoms with Gasteiger partial charge in [0.2, 0.25) is 0 Å². The second-order valence-electron chi connectivity index (χ2n) is 7.69. The summed E-state index contributed by atoms with van der Waals surface area (Å²) >= 11 is 0. The molecule has 5 nitrogen and oxygen atoms in total. The van der Waals surface area contributed by atoms with Crippen LogP contribution in [-0.2, 0) is 21.0 Å². The predicted octanol–water partition coefficient (Wildman–Crippen LogP) is 5.38. The fraction of sp³-hybridized carbons (Fsp3) is 0.125. The van der Waals surface area contributed by atoms with E-state index >= 15 is 0 Å². The molecule has 0 aliphatic carbocycles. The molecule has 3 aromatic carbocycles. The number of sulfonamides is 1. The minimum atomic E-state index is -4.91. The van der Waals surface area contributed by atoms with Gasteiger partial charge in [0.25, 0.3) is 10.0 Å². The minimum Gasteiger partial charge on any atom is -0.477 e. The number of aryl methyl sites for hydroxylation is 2. The molecule has 4 rings (SSSR count). The SMILES string of the molecule is Cc1cc(C)cc(C2=C(C(=O)O)N(c3ccccc3C(F)(F)F)S(=O)(=O)c3ccccc32)c1. The number of aliphatic carboxylic acids is 1. The second kappa shape index (κ2) is 7.77. The van der Waals surface area contributed by atoms with Crippen molar-refractivity contribution in [3.05, 3.63) is 100 Å². The summed E-state index contributed by atoms with van der Waals surface area (Å²) in [5.74, 6) is -1.67. The standard InChI is InChI=1S/C24H18F3NO4S/c1-14-11-15(2)13-16(12-14)21-17-7-3-6-10-20(17)33(31,32)28(22(21)23(29)30)19-9-5-4-8-18(19)24(25,26)27/h3-13H,1-2H3,(H,29,30). The molecule has 0 fully saturated rings. The Labute approximate surface area is 188 Å². The predicted molar refractivity (Wildman–Crippen MR) is 117 cm³/mol. The van der Waals surface area contributed by atoms with E-state index in [-0.39, 0.29) is 16.0 Å². The molecular weight excluding hydrogens is 455 g/mol. The molecule has 9 heteroatoms. The Balaban J connectivity index is 2.20.